The van der Waals surface area contributed by atoms with E-state index in [4.69, 9.17) is 11.6 Å². The van der Waals surface area contributed by atoms with E-state index in [1.807, 2.05) is 0 Å². The smallest absolute Gasteiger partial charge is 0.242 e. The van der Waals surface area contributed by atoms with Gasteiger partial charge in [0.15, 0.2) is 5.13 Å². The molecule has 1 aliphatic rings. The van der Waals surface area contributed by atoms with E-state index in [2.05, 4.69) is 15.0 Å². The number of carbonyl (C=O) groups is 2. The SMILES string of the molecule is O=C(Nc1nccs1)C1CCCN(C(=O)CCNS(=O)(=O)c2ccccc2Cl)C1. The molecule has 156 valence electrons. The zero-order valence-electron chi connectivity index (χ0n) is 15.5. The zero-order valence-corrected chi connectivity index (χ0v) is 17.9. The molecule has 3 rings (SSSR count). The number of likely N-dealkylation sites (tertiary alicyclic amines) is 1. The van der Waals surface area contributed by atoms with Crippen LogP contribution in [0.4, 0.5) is 5.13 Å². The number of nitrogens with one attached hydrogen (secondary N) is 2. The molecule has 1 saturated heterocycles. The third-order valence-electron chi connectivity index (χ3n) is 4.56. The average Bonchev–Trinajstić information content (AvgIpc) is 3.21. The second kappa shape index (κ2) is 9.66. The maximum absolute atomic E-state index is 12.5. The van der Waals surface area contributed by atoms with Crippen molar-refractivity contribution in [3.63, 3.8) is 0 Å². The van der Waals surface area contributed by atoms with Crippen LogP contribution in [-0.4, -0.2) is 49.8 Å². The van der Waals surface area contributed by atoms with Gasteiger partial charge in [-0.2, -0.15) is 0 Å². The number of thiazole rings is 1. The van der Waals surface area contributed by atoms with E-state index in [-0.39, 0.29) is 40.6 Å². The lowest BCUT2D eigenvalue weighted by atomic mass is 9.97. The number of piperidine rings is 1. The van der Waals surface area contributed by atoms with Gasteiger partial charge in [0.1, 0.15) is 4.90 Å². The quantitative estimate of drug-likeness (QED) is 0.664. The zero-order chi connectivity index (χ0) is 20.9. The average molecular weight is 457 g/mol. The highest BCUT2D eigenvalue weighted by Crippen LogP contribution is 2.21. The Kier molecular flexibility index (Phi) is 7.23. The highest BCUT2D eigenvalue weighted by molar-refractivity contribution is 7.89. The third kappa shape index (κ3) is 5.75. The third-order valence-corrected chi connectivity index (χ3v) is 7.21. The van der Waals surface area contributed by atoms with Crippen molar-refractivity contribution in [2.24, 2.45) is 5.92 Å². The van der Waals surface area contributed by atoms with Gasteiger partial charge in [-0.05, 0) is 25.0 Å². The van der Waals surface area contributed by atoms with Crippen LogP contribution >= 0.6 is 22.9 Å². The number of halogens is 1. The molecule has 0 bridgehead atoms. The predicted octanol–water partition coefficient (Wildman–Crippen LogP) is 2.34. The Bertz CT molecular complexity index is 966. The molecule has 2 heterocycles. The van der Waals surface area contributed by atoms with Gasteiger partial charge in [0.25, 0.3) is 0 Å². The molecule has 2 amide bonds. The summed E-state index contributed by atoms with van der Waals surface area (Å²) in [4.78, 5) is 30.5. The number of rotatable bonds is 7. The van der Waals surface area contributed by atoms with Crippen molar-refractivity contribution < 1.29 is 18.0 Å². The van der Waals surface area contributed by atoms with E-state index in [1.165, 1.54) is 23.5 Å². The van der Waals surface area contributed by atoms with Crippen LogP contribution in [0.15, 0.2) is 40.7 Å². The lowest BCUT2D eigenvalue weighted by Crippen LogP contribution is -2.44. The van der Waals surface area contributed by atoms with Crippen LogP contribution in [0.25, 0.3) is 0 Å². The lowest BCUT2D eigenvalue weighted by molar-refractivity contribution is -0.134. The monoisotopic (exact) mass is 456 g/mol. The van der Waals surface area contributed by atoms with Crippen LogP contribution < -0.4 is 10.0 Å². The van der Waals surface area contributed by atoms with Crippen molar-refractivity contribution in [3.05, 3.63) is 40.9 Å². The van der Waals surface area contributed by atoms with Crippen molar-refractivity contribution in [2.45, 2.75) is 24.2 Å². The molecule has 0 spiro atoms. The largest absolute Gasteiger partial charge is 0.342 e. The predicted molar refractivity (Wildman–Crippen MR) is 111 cm³/mol. The van der Waals surface area contributed by atoms with Gasteiger partial charge in [0.2, 0.25) is 21.8 Å². The number of carbonyl (C=O) groups excluding carboxylic acids is 2. The summed E-state index contributed by atoms with van der Waals surface area (Å²) in [5.41, 5.74) is 0. The van der Waals surface area contributed by atoms with Gasteiger partial charge >= 0.3 is 0 Å². The van der Waals surface area contributed by atoms with E-state index in [0.29, 0.717) is 31.1 Å². The number of nitrogens with zero attached hydrogens (tertiary/aromatic N) is 2. The fraction of sp³-hybridized carbons (Fsp3) is 0.389. The minimum atomic E-state index is -3.79. The Hall–Kier alpha value is -2.01. The fourth-order valence-corrected chi connectivity index (χ4v) is 5.18. The van der Waals surface area contributed by atoms with Crippen LogP contribution in [0.5, 0.6) is 0 Å². The first-order valence-corrected chi connectivity index (χ1v) is 11.8. The van der Waals surface area contributed by atoms with Gasteiger partial charge in [0.05, 0.1) is 10.9 Å². The number of benzene rings is 1. The Balaban J connectivity index is 1.50. The molecule has 1 aliphatic heterocycles. The summed E-state index contributed by atoms with van der Waals surface area (Å²) in [5.74, 6) is -0.660. The van der Waals surface area contributed by atoms with Crippen LogP contribution in [0.3, 0.4) is 0 Å². The topological polar surface area (TPSA) is 108 Å². The van der Waals surface area contributed by atoms with Crippen molar-refractivity contribution in [3.8, 4) is 0 Å². The molecular formula is C18H21ClN4O4S2. The number of sulfonamides is 1. The van der Waals surface area contributed by atoms with Crippen LogP contribution in [0.2, 0.25) is 5.02 Å². The molecule has 29 heavy (non-hydrogen) atoms. The Labute approximate surface area is 178 Å². The normalized spacial score (nSPS) is 17.1. The first-order chi connectivity index (χ1) is 13.9. The summed E-state index contributed by atoms with van der Waals surface area (Å²) in [6.45, 7) is 0.823. The highest BCUT2D eigenvalue weighted by Gasteiger charge is 2.29. The minimum absolute atomic E-state index is 0.00447. The van der Waals surface area contributed by atoms with Gasteiger partial charge < -0.3 is 10.2 Å². The van der Waals surface area contributed by atoms with Crippen LogP contribution in [0, 0.1) is 5.92 Å². The molecule has 0 aliphatic carbocycles. The molecule has 1 unspecified atom stereocenters. The van der Waals surface area contributed by atoms with Gasteiger partial charge in [0, 0.05) is 37.6 Å². The molecule has 8 nitrogen and oxygen atoms in total. The Morgan fingerprint density at radius 3 is 2.83 bits per heavy atom. The van der Waals surface area contributed by atoms with E-state index < -0.39 is 10.0 Å². The summed E-state index contributed by atoms with van der Waals surface area (Å²) in [7, 11) is -3.79. The van der Waals surface area contributed by atoms with E-state index in [1.54, 1.807) is 28.6 Å². The standard InChI is InChI=1S/C18H21ClN4O4S2/c19-14-5-1-2-6-15(14)29(26,27)21-8-7-16(24)23-10-3-4-13(12-23)17(25)22-18-20-9-11-28-18/h1-2,5-6,9,11,13,21H,3-4,7-8,10,12H2,(H,20,22,25). The molecule has 1 fully saturated rings. The van der Waals surface area contributed by atoms with Crippen LogP contribution in [-0.2, 0) is 19.6 Å². The first-order valence-electron chi connectivity index (χ1n) is 9.09. The molecule has 0 radical (unpaired) electrons. The minimum Gasteiger partial charge on any atom is -0.342 e. The molecule has 1 atom stereocenters. The first kappa shape index (κ1) is 21.7. The van der Waals surface area contributed by atoms with E-state index >= 15 is 0 Å². The molecule has 2 N–H and O–H groups in total. The van der Waals surface area contributed by atoms with Crippen molar-refractivity contribution in [2.75, 3.05) is 25.0 Å². The van der Waals surface area contributed by atoms with Crippen molar-refractivity contribution in [1.29, 1.82) is 0 Å². The van der Waals surface area contributed by atoms with Crippen LogP contribution in [0.1, 0.15) is 19.3 Å². The van der Waals surface area contributed by atoms with E-state index in [0.717, 1.165) is 0 Å². The number of hydrogen-bond donors (Lipinski definition) is 2. The lowest BCUT2D eigenvalue weighted by Gasteiger charge is -2.32. The van der Waals surface area contributed by atoms with Gasteiger partial charge in [-0.3, -0.25) is 9.59 Å². The summed E-state index contributed by atoms with van der Waals surface area (Å²) in [6, 6.07) is 6.12. The number of amides is 2. The van der Waals surface area contributed by atoms with Gasteiger partial charge in [-0.1, -0.05) is 23.7 Å². The number of aromatic nitrogens is 1. The Morgan fingerprint density at radius 2 is 2.10 bits per heavy atom. The maximum atomic E-state index is 12.5. The van der Waals surface area contributed by atoms with Crippen molar-refractivity contribution >= 4 is 49.9 Å². The maximum Gasteiger partial charge on any atom is 0.242 e. The second-order valence-corrected chi connectivity index (χ2v) is 9.62. The number of anilines is 1. The van der Waals surface area contributed by atoms with Gasteiger partial charge in [-0.25, -0.2) is 18.1 Å². The van der Waals surface area contributed by atoms with Crippen molar-refractivity contribution in [1.82, 2.24) is 14.6 Å². The highest BCUT2D eigenvalue weighted by atomic mass is 35.5. The number of hydrogen-bond acceptors (Lipinski definition) is 6. The summed E-state index contributed by atoms with van der Waals surface area (Å²) in [5, 5.41) is 5.19. The molecule has 1 aromatic carbocycles. The Morgan fingerprint density at radius 1 is 1.31 bits per heavy atom. The summed E-state index contributed by atoms with van der Waals surface area (Å²) in [6.07, 6.45) is 3.03. The molecular weight excluding hydrogens is 436 g/mol. The molecule has 0 saturated carbocycles. The molecule has 11 heteroatoms. The van der Waals surface area contributed by atoms with Gasteiger partial charge in [-0.15, -0.1) is 11.3 Å². The summed E-state index contributed by atoms with van der Waals surface area (Å²) < 4.78 is 27.1. The summed E-state index contributed by atoms with van der Waals surface area (Å²) >= 11 is 7.27. The fourth-order valence-electron chi connectivity index (χ4n) is 3.10. The molecule has 1 aromatic heterocycles. The van der Waals surface area contributed by atoms with E-state index in [9.17, 15) is 18.0 Å². The second-order valence-electron chi connectivity index (χ2n) is 6.58. The molecule has 2 aromatic rings.